The topological polar surface area (TPSA) is 26.0 Å². The number of fused-ring (bicyclic) bond motifs is 1. The van der Waals surface area contributed by atoms with Crippen LogP contribution in [0.4, 0.5) is 0 Å². The van der Waals surface area contributed by atoms with Crippen molar-refractivity contribution in [3.05, 3.63) is 48.0 Å². The number of terminal acetylenes is 1. The summed E-state index contributed by atoms with van der Waals surface area (Å²) in [5, 5.41) is 2.56. The van der Waals surface area contributed by atoms with E-state index >= 15 is 0 Å². The first kappa shape index (κ1) is 12.7. The molecule has 0 bridgehead atoms. The predicted molar refractivity (Wildman–Crippen MR) is 78.3 cm³/mol. The van der Waals surface area contributed by atoms with Gasteiger partial charge >= 0.3 is 0 Å². The third-order valence-electron chi connectivity index (χ3n) is 3.21. The third kappa shape index (κ3) is 3.35. The molecule has 92 valence electrons. The first-order chi connectivity index (χ1) is 8.79. The Hall–Kier alpha value is -1.78. The number of rotatable bonds is 5. The Morgan fingerprint density at radius 2 is 1.89 bits per heavy atom. The molecule has 0 aliphatic rings. The van der Waals surface area contributed by atoms with Crippen molar-refractivity contribution in [1.82, 2.24) is 0 Å². The average Bonchev–Trinajstić information content (AvgIpc) is 2.39. The summed E-state index contributed by atoms with van der Waals surface area (Å²) >= 11 is 0. The highest BCUT2D eigenvalue weighted by atomic mass is 14.6. The van der Waals surface area contributed by atoms with Gasteiger partial charge in [-0.25, -0.2) is 0 Å². The molecule has 1 unspecified atom stereocenters. The van der Waals surface area contributed by atoms with Crippen LogP contribution in [0.15, 0.2) is 42.5 Å². The maximum Gasteiger partial charge on any atom is 0.00866 e. The van der Waals surface area contributed by atoms with Crippen LogP contribution in [0.25, 0.3) is 10.8 Å². The summed E-state index contributed by atoms with van der Waals surface area (Å²) < 4.78 is 0. The minimum absolute atomic E-state index is 0.208. The molecule has 18 heavy (non-hydrogen) atoms. The molecule has 2 rings (SSSR count). The van der Waals surface area contributed by atoms with Crippen molar-refractivity contribution in [3.63, 3.8) is 0 Å². The summed E-state index contributed by atoms with van der Waals surface area (Å²) in [4.78, 5) is 0. The van der Waals surface area contributed by atoms with Crippen molar-refractivity contribution in [3.8, 4) is 12.3 Å². The maximum absolute atomic E-state index is 6.12. The molecular formula is C17H19N. The normalized spacial score (nSPS) is 12.2. The first-order valence-corrected chi connectivity index (χ1v) is 6.46. The van der Waals surface area contributed by atoms with E-state index in [-0.39, 0.29) is 6.04 Å². The molecule has 0 saturated heterocycles. The lowest BCUT2D eigenvalue weighted by Crippen LogP contribution is -2.22. The van der Waals surface area contributed by atoms with Gasteiger partial charge < -0.3 is 5.73 Å². The summed E-state index contributed by atoms with van der Waals surface area (Å²) in [6.45, 7) is 0. The summed E-state index contributed by atoms with van der Waals surface area (Å²) in [5.41, 5.74) is 7.43. The van der Waals surface area contributed by atoms with Crippen LogP contribution in [0.2, 0.25) is 0 Å². The van der Waals surface area contributed by atoms with Gasteiger partial charge in [0.1, 0.15) is 0 Å². The number of hydrogen-bond donors (Lipinski definition) is 1. The largest absolute Gasteiger partial charge is 0.327 e. The SMILES string of the molecule is C#CCCCC(N)Cc1ccc2ccccc2c1. The van der Waals surface area contributed by atoms with Gasteiger partial charge in [-0.2, -0.15) is 0 Å². The highest BCUT2D eigenvalue weighted by Gasteiger charge is 2.04. The number of hydrogen-bond acceptors (Lipinski definition) is 1. The van der Waals surface area contributed by atoms with Crippen molar-refractivity contribution in [1.29, 1.82) is 0 Å². The summed E-state index contributed by atoms with van der Waals surface area (Å²) in [6.07, 6.45) is 9.01. The Balaban J connectivity index is 2.01. The minimum Gasteiger partial charge on any atom is -0.327 e. The van der Waals surface area contributed by atoms with Crippen molar-refractivity contribution < 1.29 is 0 Å². The fourth-order valence-corrected chi connectivity index (χ4v) is 2.24. The van der Waals surface area contributed by atoms with E-state index in [0.29, 0.717) is 0 Å². The molecule has 2 aromatic carbocycles. The maximum atomic E-state index is 6.12. The molecule has 1 atom stereocenters. The highest BCUT2D eigenvalue weighted by Crippen LogP contribution is 2.17. The standard InChI is InChI=1S/C17H19N/c1-2-3-4-9-17(18)13-14-10-11-15-7-5-6-8-16(15)12-14/h1,5-8,10-12,17H,3-4,9,13,18H2. The molecule has 0 radical (unpaired) electrons. The third-order valence-corrected chi connectivity index (χ3v) is 3.21. The van der Waals surface area contributed by atoms with Gasteiger partial charge in [-0.1, -0.05) is 42.5 Å². The number of benzene rings is 2. The van der Waals surface area contributed by atoms with Gasteiger partial charge in [0.25, 0.3) is 0 Å². The van der Waals surface area contributed by atoms with Gasteiger partial charge in [-0.3, -0.25) is 0 Å². The van der Waals surface area contributed by atoms with E-state index in [4.69, 9.17) is 12.2 Å². The van der Waals surface area contributed by atoms with Gasteiger partial charge in [-0.15, -0.1) is 12.3 Å². The molecule has 2 aromatic rings. The quantitative estimate of drug-likeness (QED) is 0.625. The molecule has 0 fully saturated rings. The lowest BCUT2D eigenvalue weighted by molar-refractivity contribution is 0.587. The molecule has 0 saturated carbocycles. The molecule has 1 heteroatoms. The second-order valence-corrected chi connectivity index (χ2v) is 4.74. The van der Waals surface area contributed by atoms with E-state index in [2.05, 4.69) is 48.4 Å². The molecular weight excluding hydrogens is 218 g/mol. The van der Waals surface area contributed by atoms with E-state index in [1.54, 1.807) is 0 Å². The van der Waals surface area contributed by atoms with Crippen LogP contribution in [0, 0.1) is 12.3 Å². The van der Waals surface area contributed by atoms with Crippen LogP contribution in [0.1, 0.15) is 24.8 Å². The Kier molecular flexibility index (Phi) is 4.39. The Morgan fingerprint density at radius 3 is 2.67 bits per heavy atom. The van der Waals surface area contributed by atoms with Gasteiger partial charge in [0, 0.05) is 12.5 Å². The van der Waals surface area contributed by atoms with E-state index in [1.807, 2.05) is 0 Å². The lowest BCUT2D eigenvalue weighted by atomic mass is 9.99. The summed E-state index contributed by atoms with van der Waals surface area (Å²) in [5.74, 6) is 2.66. The molecule has 0 aliphatic carbocycles. The van der Waals surface area contributed by atoms with Gasteiger partial charge in [0.05, 0.1) is 0 Å². The smallest absolute Gasteiger partial charge is 0.00866 e. The van der Waals surface area contributed by atoms with Gasteiger partial charge in [-0.05, 0) is 35.6 Å². The molecule has 0 spiro atoms. The Morgan fingerprint density at radius 1 is 1.11 bits per heavy atom. The predicted octanol–water partition coefficient (Wildman–Crippen LogP) is 3.51. The second-order valence-electron chi connectivity index (χ2n) is 4.74. The molecule has 0 aliphatic heterocycles. The van der Waals surface area contributed by atoms with Crippen LogP contribution in [-0.2, 0) is 6.42 Å². The van der Waals surface area contributed by atoms with Gasteiger partial charge in [0.2, 0.25) is 0 Å². The van der Waals surface area contributed by atoms with Gasteiger partial charge in [0.15, 0.2) is 0 Å². The van der Waals surface area contributed by atoms with E-state index in [0.717, 1.165) is 25.7 Å². The first-order valence-electron chi connectivity index (χ1n) is 6.46. The fraction of sp³-hybridized carbons (Fsp3) is 0.294. The zero-order valence-corrected chi connectivity index (χ0v) is 10.6. The second kappa shape index (κ2) is 6.23. The highest BCUT2D eigenvalue weighted by molar-refractivity contribution is 5.82. The molecule has 0 heterocycles. The number of nitrogens with two attached hydrogens (primary N) is 1. The van der Waals surface area contributed by atoms with Crippen LogP contribution < -0.4 is 5.73 Å². The molecule has 0 aromatic heterocycles. The van der Waals surface area contributed by atoms with Crippen LogP contribution >= 0.6 is 0 Å². The Bertz CT molecular complexity index is 551. The van der Waals surface area contributed by atoms with Crippen LogP contribution in [0.3, 0.4) is 0 Å². The van der Waals surface area contributed by atoms with Crippen molar-refractivity contribution in [2.24, 2.45) is 5.73 Å². The monoisotopic (exact) mass is 237 g/mol. The fourth-order valence-electron chi connectivity index (χ4n) is 2.24. The number of unbranched alkanes of at least 4 members (excludes halogenated alkanes) is 1. The zero-order chi connectivity index (χ0) is 12.8. The molecule has 1 nitrogen and oxygen atoms in total. The average molecular weight is 237 g/mol. The zero-order valence-electron chi connectivity index (χ0n) is 10.6. The summed E-state index contributed by atoms with van der Waals surface area (Å²) in [6, 6.07) is 15.2. The van der Waals surface area contributed by atoms with Crippen molar-refractivity contribution in [2.75, 3.05) is 0 Å². The van der Waals surface area contributed by atoms with E-state index in [1.165, 1.54) is 16.3 Å². The van der Waals surface area contributed by atoms with Crippen LogP contribution in [-0.4, -0.2) is 6.04 Å². The lowest BCUT2D eigenvalue weighted by Gasteiger charge is -2.11. The van der Waals surface area contributed by atoms with Crippen LogP contribution in [0.5, 0.6) is 0 Å². The van der Waals surface area contributed by atoms with E-state index < -0.39 is 0 Å². The van der Waals surface area contributed by atoms with E-state index in [9.17, 15) is 0 Å². The molecule has 2 N–H and O–H groups in total. The van der Waals surface area contributed by atoms with Crippen molar-refractivity contribution >= 4 is 10.8 Å². The minimum atomic E-state index is 0.208. The summed E-state index contributed by atoms with van der Waals surface area (Å²) in [7, 11) is 0. The molecule has 0 amide bonds. The Labute approximate surface area is 109 Å². The van der Waals surface area contributed by atoms with Crippen molar-refractivity contribution in [2.45, 2.75) is 31.7 Å².